The van der Waals surface area contributed by atoms with Gasteiger partial charge in [0.05, 0.1) is 18.2 Å². The zero-order chi connectivity index (χ0) is 20.2. The Labute approximate surface area is 167 Å². The fourth-order valence-electron chi connectivity index (χ4n) is 4.25. The number of hydrogen-bond acceptors (Lipinski definition) is 4. The summed E-state index contributed by atoms with van der Waals surface area (Å²) < 4.78 is 24.6. The van der Waals surface area contributed by atoms with Crippen molar-refractivity contribution < 1.29 is 18.0 Å². The third kappa shape index (κ3) is 5.11. The summed E-state index contributed by atoms with van der Waals surface area (Å²) in [6.45, 7) is 2.17. The van der Waals surface area contributed by atoms with E-state index in [0.29, 0.717) is 19.5 Å². The quantitative estimate of drug-likeness (QED) is 0.731. The van der Waals surface area contributed by atoms with Crippen molar-refractivity contribution in [3.63, 3.8) is 0 Å². The first kappa shape index (κ1) is 20.8. The van der Waals surface area contributed by atoms with Crippen LogP contribution in [0.25, 0.3) is 0 Å². The minimum Gasteiger partial charge on any atom is -0.342 e. The molecule has 8 heteroatoms. The van der Waals surface area contributed by atoms with Crippen LogP contribution in [-0.4, -0.2) is 69.0 Å². The van der Waals surface area contributed by atoms with Gasteiger partial charge in [0, 0.05) is 26.2 Å². The smallest absolute Gasteiger partial charge is 0.237 e. The molecule has 1 spiro atoms. The van der Waals surface area contributed by atoms with Crippen molar-refractivity contribution >= 4 is 21.8 Å². The highest BCUT2D eigenvalue weighted by Crippen LogP contribution is 2.40. The Bertz CT molecular complexity index is 812. The topological polar surface area (TPSA) is 86.8 Å². The molecule has 0 radical (unpaired) electrons. The van der Waals surface area contributed by atoms with Gasteiger partial charge in [-0.15, -0.1) is 0 Å². The molecule has 0 saturated carbocycles. The van der Waals surface area contributed by atoms with Gasteiger partial charge < -0.3 is 9.80 Å². The highest BCUT2D eigenvalue weighted by Gasteiger charge is 2.49. The Morgan fingerprint density at radius 1 is 1.18 bits per heavy atom. The van der Waals surface area contributed by atoms with Crippen LogP contribution >= 0.6 is 0 Å². The van der Waals surface area contributed by atoms with Crippen molar-refractivity contribution in [1.29, 1.82) is 0 Å². The second-order valence-electron chi connectivity index (χ2n) is 7.92. The van der Waals surface area contributed by atoms with Crippen LogP contribution in [0.1, 0.15) is 31.2 Å². The average Bonchev–Trinajstić information content (AvgIpc) is 3.09. The number of benzene rings is 1. The molecule has 1 aromatic rings. The first-order valence-electron chi connectivity index (χ1n) is 9.85. The van der Waals surface area contributed by atoms with Crippen molar-refractivity contribution in [2.75, 3.05) is 39.0 Å². The van der Waals surface area contributed by atoms with Crippen molar-refractivity contribution in [1.82, 2.24) is 14.5 Å². The highest BCUT2D eigenvalue weighted by molar-refractivity contribution is 7.88. The fraction of sp³-hybridized carbons (Fsp3) is 0.600. The molecule has 1 unspecified atom stereocenters. The fourth-order valence-corrected chi connectivity index (χ4v) is 4.64. The van der Waals surface area contributed by atoms with Crippen molar-refractivity contribution in [3.8, 4) is 0 Å². The molecule has 2 aliphatic heterocycles. The number of carbonyl (C=O) groups excluding carboxylic acids is 2. The minimum atomic E-state index is -3.41. The van der Waals surface area contributed by atoms with Gasteiger partial charge in [0.2, 0.25) is 21.8 Å². The van der Waals surface area contributed by atoms with Gasteiger partial charge >= 0.3 is 0 Å². The lowest BCUT2D eigenvalue weighted by Crippen LogP contribution is -2.51. The van der Waals surface area contributed by atoms with Crippen LogP contribution in [0.5, 0.6) is 0 Å². The Morgan fingerprint density at radius 2 is 1.93 bits per heavy atom. The predicted molar refractivity (Wildman–Crippen MR) is 107 cm³/mol. The van der Waals surface area contributed by atoms with Crippen LogP contribution in [-0.2, 0) is 26.0 Å². The molecule has 2 fully saturated rings. The minimum absolute atomic E-state index is 0.151. The number of hydrogen-bond donors (Lipinski definition) is 1. The van der Waals surface area contributed by atoms with Crippen molar-refractivity contribution in [3.05, 3.63) is 35.9 Å². The molecule has 1 atom stereocenters. The third-order valence-corrected chi connectivity index (χ3v) is 6.42. The number of carbonyl (C=O) groups is 2. The van der Waals surface area contributed by atoms with Crippen LogP contribution in [0.2, 0.25) is 0 Å². The maximum Gasteiger partial charge on any atom is 0.237 e. The van der Waals surface area contributed by atoms with E-state index >= 15 is 0 Å². The molecule has 3 rings (SSSR count). The first-order valence-corrected chi connectivity index (χ1v) is 11.7. The number of sulfonamides is 1. The number of rotatable bonds is 7. The average molecular weight is 408 g/mol. The molecular formula is C20H29N3O4S. The van der Waals surface area contributed by atoms with Crippen LogP contribution in [0.4, 0.5) is 0 Å². The van der Waals surface area contributed by atoms with E-state index in [4.69, 9.17) is 0 Å². The van der Waals surface area contributed by atoms with Gasteiger partial charge in [0.15, 0.2) is 0 Å². The van der Waals surface area contributed by atoms with E-state index in [1.807, 2.05) is 23.1 Å². The van der Waals surface area contributed by atoms with E-state index < -0.39 is 15.4 Å². The Kier molecular flexibility index (Phi) is 6.40. The monoisotopic (exact) mass is 407 g/mol. The van der Waals surface area contributed by atoms with Crippen LogP contribution in [0.3, 0.4) is 0 Å². The Balaban J connectivity index is 1.54. The number of amides is 2. The molecule has 1 N–H and O–H groups in total. The molecule has 28 heavy (non-hydrogen) atoms. The molecule has 1 aromatic carbocycles. The van der Waals surface area contributed by atoms with Gasteiger partial charge in [-0.2, -0.15) is 0 Å². The largest absolute Gasteiger partial charge is 0.342 e. The van der Waals surface area contributed by atoms with E-state index in [1.165, 1.54) is 5.56 Å². The van der Waals surface area contributed by atoms with Crippen LogP contribution in [0.15, 0.2) is 30.3 Å². The zero-order valence-electron chi connectivity index (χ0n) is 16.4. The molecule has 154 valence electrons. The van der Waals surface area contributed by atoms with E-state index in [-0.39, 0.29) is 18.4 Å². The second-order valence-corrected chi connectivity index (χ2v) is 9.76. The van der Waals surface area contributed by atoms with Crippen molar-refractivity contribution in [2.24, 2.45) is 5.41 Å². The van der Waals surface area contributed by atoms with Crippen molar-refractivity contribution in [2.45, 2.75) is 32.1 Å². The van der Waals surface area contributed by atoms with E-state index in [0.717, 1.165) is 45.0 Å². The van der Waals surface area contributed by atoms with Gasteiger partial charge in [0.25, 0.3) is 0 Å². The SMILES string of the molecule is CS(=O)(=O)NCC(=O)N1CCC2(CCCN(CCCc3ccccc3)C2=O)C1. The summed E-state index contributed by atoms with van der Waals surface area (Å²) >= 11 is 0. The predicted octanol–water partition coefficient (Wildman–Crippen LogP) is 1.01. The first-order chi connectivity index (χ1) is 13.3. The van der Waals surface area contributed by atoms with E-state index in [1.54, 1.807) is 4.90 Å². The molecule has 0 aliphatic carbocycles. The number of likely N-dealkylation sites (tertiary alicyclic amines) is 2. The zero-order valence-corrected chi connectivity index (χ0v) is 17.2. The molecule has 0 aromatic heterocycles. The van der Waals surface area contributed by atoms with Gasteiger partial charge in [-0.25, -0.2) is 13.1 Å². The summed E-state index contributed by atoms with van der Waals surface area (Å²) in [7, 11) is -3.41. The summed E-state index contributed by atoms with van der Waals surface area (Å²) in [5.41, 5.74) is 0.781. The summed E-state index contributed by atoms with van der Waals surface area (Å²) in [6, 6.07) is 10.3. The summed E-state index contributed by atoms with van der Waals surface area (Å²) in [5.74, 6) is -0.116. The molecule has 2 amide bonds. The Morgan fingerprint density at radius 3 is 2.64 bits per heavy atom. The Hall–Kier alpha value is -1.93. The molecule has 2 heterocycles. The summed E-state index contributed by atoms with van der Waals surface area (Å²) in [5, 5.41) is 0. The highest BCUT2D eigenvalue weighted by atomic mass is 32.2. The van der Waals surface area contributed by atoms with Gasteiger partial charge in [-0.3, -0.25) is 9.59 Å². The maximum absolute atomic E-state index is 13.2. The number of aryl methyl sites for hydroxylation is 1. The molecular weight excluding hydrogens is 378 g/mol. The lowest BCUT2D eigenvalue weighted by atomic mass is 9.78. The summed E-state index contributed by atoms with van der Waals surface area (Å²) in [4.78, 5) is 29.0. The molecule has 2 aliphatic rings. The molecule has 2 saturated heterocycles. The van der Waals surface area contributed by atoms with E-state index in [9.17, 15) is 18.0 Å². The van der Waals surface area contributed by atoms with Gasteiger partial charge in [0.1, 0.15) is 0 Å². The van der Waals surface area contributed by atoms with Crippen LogP contribution in [0, 0.1) is 5.41 Å². The number of nitrogens with zero attached hydrogens (tertiary/aromatic N) is 2. The van der Waals surface area contributed by atoms with E-state index in [2.05, 4.69) is 16.9 Å². The molecule has 7 nitrogen and oxygen atoms in total. The second kappa shape index (κ2) is 8.61. The maximum atomic E-state index is 13.2. The summed E-state index contributed by atoms with van der Waals surface area (Å²) in [6.07, 6.45) is 5.30. The lowest BCUT2D eigenvalue weighted by Gasteiger charge is -2.39. The van der Waals surface area contributed by atoms with Crippen LogP contribution < -0.4 is 4.72 Å². The number of nitrogens with one attached hydrogen (secondary N) is 1. The lowest BCUT2D eigenvalue weighted by molar-refractivity contribution is -0.146. The number of piperidine rings is 1. The van der Waals surface area contributed by atoms with Gasteiger partial charge in [-0.1, -0.05) is 30.3 Å². The van der Waals surface area contributed by atoms with Gasteiger partial charge in [-0.05, 0) is 37.7 Å². The standard InChI is InChI=1S/C20H29N3O4S/c1-28(26,27)21-15-18(24)23-14-11-20(16-23)10-6-13-22(19(20)25)12-5-9-17-7-3-2-4-8-17/h2-4,7-8,21H,5-6,9-16H2,1H3. The molecule has 0 bridgehead atoms. The third-order valence-electron chi connectivity index (χ3n) is 5.75. The normalized spacial score (nSPS) is 22.8.